The second-order valence-corrected chi connectivity index (χ2v) is 4.54. The molecule has 1 heterocycles. The summed E-state index contributed by atoms with van der Waals surface area (Å²) in [6.07, 6.45) is 0. The van der Waals surface area contributed by atoms with Crippen molar-refractivity contribution >= 4 is 11.9 Å². The molecule has 1 saturated heterocycles. The van der Waals surface area contributed by atoms with Crippen molar-refractivity contribution in [1.29, 1.82) is 0 Å². The van der Waals surface area contributed by atoms with Gasteiger partial charge in [0.05, 0.1) is 11.0 Å². The summed E-state index contributed by atoms with van der Waals surface area (Å²) in [6, 6.07) is -0.325. The molecule has 0 spiro atoms. The molecule has 0 saturated carbocycles. The number of hydrogen-bond donors (Lipinski definition) is 1. The maximum atomic E-state index is 11.7. The van der Waals surface area contributed by atoms with Gasteiger partial charge in [-0.3, -0.25) is 9.69 Å². The van der Waals surface area contributed by atoms with Gasteiger partial charge in [0.2, 0.25) is 5.91 Å². The summed E-state index contributed by atoms with van der Waals surface area (Å²) >= 11 is 0. The summed E-state index contributed by atoms with van der Waals surface area (Å²) in [5, 5.41) is 2.79. The Morgan fingerprint density at radius 1 is 1.15 bits per heavy atom. The number of carbonyl (C=O) groups excluding carboxylic acids is 2. The third-order valence-corrected chi connectivity index (χ3v) is 3.13. The molecule has 0 radical (unpaired) electrons. The average molecular weight is 184 g/mol. The molecular weight excluding hydrogens is 168 g/mol. The van der Waals surface area contributed by atoms with E-state index in [1.807, 2.05) is 27.7 Å². The largest absolute Gasteiger partial charge is 0.332 e. The van der Waals surface area contributed by atoms with Crippen LogP contribution in [-0.4, -0.2) is 29.4 Å². The highest BCUT2D eigenvalue weighted by Crippen LogP contribution is 2.35. The van der Waals surface area contributed by atoms with E-state index in [2.05, 4.69) is 5.32 Å². The van der Waals surface area contributed by atoms with E-state index >= 15 is 0 Å². The summed E-state index contributed by atoms with van der Waals surface area (Å²) in [5.74, 6) is -0.138. The van der Waals surface area contributed by atoms with Crippen LogP contribution >= 0.6 is 0 Å². The molecule has 0 aromatic heterocycles. The molecule has 74 valence electrons. The summed E-state index contributed by atoms with van der Waals surface area (Å²) in [4.78, 5) is 24.2. The van der Waals surface area contributed by atoms with E-state index in [9.17, 15) is 9.59 Å². The van der Waals surface area contributed by atoms with Crippen molar-refractivity contribution in [3.8, 4) is 0 Å². The molecule has 0 aromatic rings. The predicted octanol–water partition coefficient (Wildman–Crippen LogP) is 0.973. The number of amides is 3. The first kappa shape index (κ1) is 10.0. The van der Waals surface area contributed by atoms with E-state index in [-0.39, 0.29) is 11.9 Å². The van der Waals surface area contributed by atoms with Crippen LogP contribution in [0.5, 0.6) is 0 Å². The van der Waals surface area contributed by atoms with Crippen molar-refractivity contribution in [2.45, 2.75) is 33.2 Å². The zero-order chi connectivity index (χ0) is 10.4. The van der Waals surface area contributed by atoms with E-state index in [4.69, 9.17) is 0 Å². The molecule has 4 nitrogen and oxygen atoms in total. The van der Waals surface area contributed by atoms with Crippen LogP contribution in [0.2, 0.25) is 0 Å². The first-order valence-electron chi connectivity index (χ1n) is 4.30. The summed E-state index contributed by atoms with van der Waals surface area (Å²) in [5.41, 5.74) is -1.05. The lowest BCUT2D eigenvalue weighted by molar-refractivity contribution is -0.142. The van der Waals surface area contributed by atoms with Crippen LogP contribution in [0.3, 0.4) is 0 Å². The van der Waals surface area contributed by atoms with Gasteiger partial charge in [0.15, 0.2) is 0 Å². The van der Waals surface area contributed by atoms with Crippen molar-refractivity contribution in [1.82, 2.24) is 10.2 Å². The van der Waals surface area contributed by atoms with Crippen molar-refractivity contribution in [3.05, 3.63) is 0 Å². The number of rotatable bonds is 0. The van der Waals surface area contributed by atoms with Gasteiger partial charge in [-0.25, -0.2) is 4.79 Å². The normalized spacial score (nSPS) is 25.8. The zero-order valence-electron chi connectivity index (χ0n) is 8.76. The Bertz CT molecular complexity index is 269. The Balaban J connectivity index is 3.11. The molecule has 0 atom stereocenters. The molecule has 1 N–H and O–H groups in total. The van der Waals surface area contributed by atoms with Crippen LogP contribution in [0.1, 0.15) is 27.7 Å². The maximum Gasteiger partial charge on any atom is 0.324 e. The van der Waals surface area contributed by atoms with E-state index in [0.717, 1.165) is 4.90 Å². The minimum absolute atomic E-state index is 0.138. The fraction of sp³-hybridized carbons (Fsp3) is 0.778. The van der Waals surface area contributed by atoms with Crippen molar-refractivity contribution in [2.75, 3.05) is 7.05 Å². The lowest BCUT2D eigenvalue weighted by Crippen LogP contribution is -2.68. The Hall–Kier alpha value is -1.06. The van der Waals surface area contributed by atoms with Gasteiger partial charge in [0.1, 0.15) is 0 Å². The fourth-order valence-electron chi connectivity index (χ4n) is 1.29. The van der Waals surface area contributed by atoms with Gasteiger partial charge in [0, 0.05) is 7.05 Å². The molecule has 0 bridgehead atoms. The maximum absolute atomic E-state index is 11.7. The number of urea groups is 1. The summed E-state index contributed by atoms with van der Waals surface area (Å²) in [7, 11) is 1.49. The van der Waals surface area contributed by atoms with Gasteiger partial charge < -0.3 is 5.32 Å². The van der Waals surface area contributed by atoms with Crippen LogP contribution in [0, 0.1) is 5.41 Å². The van der Waals surface area contributed by atoms with Crippen molar-refractivity contribution in [3.63, 3.8) is 0 Å². The fourth-order valence-corrected chi connectivity index (χ4v) is 1.29. The van der Waals surface area contributed by atoms with Crippen LogP contribution in [-0.2, 0) is 4.79 Å². The van der Waals surface area contributed by atoms with E-state index < -0.39 is 11.0 Å². The zero-order valence-corrected chi connectivity index (χ0v) is 8.76. The SMILES string of the molecule is CN1C(=O)NC(C)(C)C(C)(C)C1=O. The molecule has 0 unspecified atom stereocenters. The second kappa shape index (κ2) is 2.47. The predicted molar refractivity (Wildman–Crippen MR) is 49.2 cm³/mol. The van der Waals surface area contributed by atoms with Crippen molar-refractivity contribution in [2.24, 2.45) is 5.41 Å². The standard InChI is InChI=1S/C9H16N2O2/c1-8(2)6(12)11(5)7(13)10-9(8,3)4/h1-5H3,(H,10,13). The minimum atomic E-state index is -0.560. The highest BCUT2D eigenvalue weighted by Gasteiger charge is 2.50. The molecule has 3 amide bonds. The second-order valence-electron chi connectivity index (χ2n) is 4.54. The minimum Gasteiger partial charge on any atom is -0.332 e. The third-order valence-electron chi connectivity index (χ3n) is 3.13. The molecule has 0 aromatic carbocycles. The Kier molecular flexibility index (Phi) is 1.90. The number of hydrogen-bond acceptors (Lipinski definition) is 2. The van der Waals surface area contributed by atoms with Gasteiger partial charge in [-0.05, 0) is 27.7 Å². The molecule has 4 heteroatoms. The number of imide groups is 1. The monoisotopic (exact) mass is 184 g/mol. The van der Waals surface area contributed by atoms with Crippen molar-refractivity contribution < 1.29 is 9.59 Å². The average Bonchev–Trinajstić information content (AvgIpc) is 1.98. The quantitative estimate of drug-likeness (QED) is 0.610. The van der Waals surface area contributed by atoms with Gasteiger partial charge in [-0.1, -0.05) is 0 Å². The Morgan fingerprint density at radius 2 is 1.62 bits per heavy atom. The molecular formula is C9H16N2O2. The lowest BCUT2D eigenvalue weighted by atomic mass is 9.72. The van der Waals surface area contributed by atoms with Gasteiger partial charge in [-0.15, -0.1) is 0 Å². The molecule has 1 aliphatic heterocycles. The highest BCUT2D eigenvalue weighted by atomic mass is 16.2. The first-order valence-corrected chi connectivity index (χ1v) is 4.30. The Labute approximate surface area is 78.3 Å². The van der Waals surface area contributed by atoms with Crippen LogP contribution in [0.15, 0.2) is 0 Å². The molecule has 1 rings (SSSR count). The van der Waals surface area contributed by atoms with E-state index in [0.29, 0.717) is 0 Å². The topological polar surface area (TPSA) is 49.4 Å². The Morgan fingerprint density at radius 3 is 2.08 bits per heavy atom. The molecule has 0 aliphatic carbocycles. The number of nitrogens with one attached hydrogen (secondary N) is 1. The summed E-state index contributed by atoms with van der Waals surface area (Å²) in [6.45, 7) is 7.39. The molecule has 1 aliphatic rings. The van der Waals surface area contributed by atoms with E-state index in [1.165, 1.54) is 7.05 Å². The highest BCUT2D eigenvalue weighted by molar-refractivity contribution is 6.00. The van der Waals surface area contributed by atoms with Crippen LogP contribution < -0.4 is 5.32 Å². The number of nitrogens with zero attached hydrogens (tertiary/aromatic N) is 1. The smallest absolute Gasteiger partial charge is 0.324 e. The number of carbonyl (C=O) groups is 2. The third kappa shape index (κ3) is 1.20. The van der Waals surface area contributed by atoms with Gasteiger partial charge in [-0.2, -0.15) is 0 Å². The molecule has 13 heavy (non-hydrogen) atoms. The van der Waals surface area contributed by atoms with Gasteiger partial charge in [0.25, 0.3) is 0 Å². The first-order chi connectivity index (χ1) is 5.70. The van der Waals surface area contributed by atoms with Gasteiger partial charge >= 0.3 is 6.03 Å². The van der Waals surface area contributed by atoms with Crippen LogP contribution in [0.4, 0.5) is 4.79 Å². The molecule has 1 fully saturated rings. The lowest BCUT2D eigenvalue weighted by Gasteiger charge is -2.47. The summed E-state index contributed by atoms with van der Waals surface area (Å²) < 4.78 is 0. The van der Waals surface area contributed by atoms with E-state index in [1.54, 1.807) is 0 Å². The van der Waals surface area contributed by atoms with Crippen LogP contribution in [0.25, 0.3) is 0 Å².